The molecule has 0 N–H and O–H groups in total. The summed E-state index contributed by atoms with van der Waals surface area (Å²) in [5, 5.41) is 0. The average Bonchev–Trinajstić information content (AvgIpc) is 2.18. The second-order valence-corrected chi connectivity index (χ2v) is 16.1. The number of hydrogen-bond acceptors (Lipinski definition) is 5. The van der Waals surface area contributed by atoms with Crippen molar-refractivity contribution in [3.63, 3.8) is 0 Å². The summed E-state index contributed by atoms with van der Waals surface area (Å²) in [4.78, 5) is 11.2. The fourth-order valence-electron chi connectivity index (χ4n) is 0.970. The largest absolute Gasteiger partial charge is 0.464 e. The van der Waals surface area contributed by atoms with Gasteiger partial charge in [-0.15, -0.1) is 0 Å². The van der Waals surface area contributed by atoms with Crippen LogP contribution in [-0.2, 0) is 22.8 Å². The molecule has 0 unspecified atom stereocenters. The van der Waals surface area contributed by atoms with E-state index in [4.69, 9.17) is 18.0 Å². The lowest BCUT2D eigenvalue weighted by Crippen LogP contribution is -2.42. The molecule has 0 saturated carbocycles. The van der Waals surface area contributed by atoms with Crippen LogP contribution in [-0.4, -0.2) is 45.1 Å². The molecule has 0 rings (SSSR count). The molecule has 0 aliphatic rings. The topological polar surface area (TPSA) is 54.0 Å². The molecule has 2 radical (unpaired) electrons. The molecule has 0 saturated heterocycles. The molecular weight excluding hydrogens is 308 g/mol. The summed E-state index contributed by atoms with van der Waals surface area (Å²) in [5.41, 5.74) is 0.378. The number of rotatable bonds is 9. The van der Waals surface area contributed by atoms with E-state index in [1.165, 1.54) is 0 Å². The van der Waals surface area contributed by atoms with Crippen LogP contribution in [0, 0.1) is 0 Å². The van der Waals surface area contributed by atoms with Crippen LogP contribution in [0.5, 0.6) is 0 Å². The Bertz CT molecular complexity index is 317. The van der Waals surface area contributed by atoms with Gasteiger partial charge in [0, 0.05) is 5.57 Å². The molecule has 0 aliphatic heterocycles. The van der Waals surface area contributed by atoms with E-state index in [2.05, 4.69) is 45.9 Å². The predicted octanol–water partition coefficient (Wildman–Crippen LogP) is 2.69. The molecule has 5 nitrogen and oxygen atoms in total. The Labute approximate surface area is 126 Å². The molecule has 0 aromatic rings. The highest BCUT2D eigenvalue weighted by molar-refractivity contribution is 6.70. The van der Waals surface area contributed by atoms with Crippen molar-refractivity contribution < 1.29 is 22.8 Å². The van der Waals surface area contributed by atoms with Gasteiger partial charge in [0.1, 0.15) is 6.23 Å². The van der Waals surface area contributed by atoms with Crippen LogP contribution in [0.4, 0.5) is 0 Å². The minimum atomic E-state index is -1.77. The minimum absolute atomic E-state index is 0.0199. The van der Waals surface area contributed by atoms with Gasteiger partial charge in [0.2, 0.25) is 6.48 Å². The molecule has 20 heavy (non-hydrogen) atoms. The number of ether oxygens (including phenoxy) is 1. The first-order valence-corrected chi connectivity index (χ1v) is 14.4. The smallest absolute Gasteiger partial charge is 0.332 e. The third-order valence-electron chi connectivity index (χ3n) is 1.69. The molecule has 116 valence electrons. The molecular formula is C12H26O5Si3. The minimum Gasteiger partial charge on any atom is -0.464 e. The van der Waals surface area contributed by atoms with Gasteiger partial charge in [-0.05, 0) is 46.2 Å². The van der Waals surface area contributed by atoms with E-state index in [1.807, 2.05) is 0 Å². The van der Waals surface area contributed by atoms with Gasteiger partial charge in [0.05, 0.1) is 0 Å². The normalized spacial score (nSPS) is 12.6. The summed E-state index contributed by atoms with van der Waals surface area (Å²) in [6.07, 6.45) is 0.187. The summed E-state index contributed by atoms with van der Waals surface area (Å²) in [5.74, 6) is -0.408. The summed E-state index contributed by atoms with van der Waals surface area (Å²) in [6.45, 7) is 16.9. The van der Waals surface area contributed by atoms with E-state index in [0.29, 0.717) is 5.57 Å². The third-order valence-corrected chi connectivity index (χ3v) is 4.11. The number of hydrogen-bond donors (Lipinski definition) is 0. The number of carbonyl (C=O) groups excluding carboxylic acids is 1. The fourth-order valence-corrected chi connectivity index (χ4v) is 3.10. The first-order valence-electron chi connectivity index (χ1n) is 6.47. The maximum Gasteiger partial charge on any atom is 0.332 e. The van der Waals surface area contributed by atoms with Gasteiger partial charge in [-0.25, -0.2) is 4.79 Å². The van der Waals surface area contributed by atoms with Crippen molar-refractivity contribution in [1.29, 1.82) is 0 Å². The lowest BCUT2D eigenvalue weighted by atomic mass is 10.4. The fraction of sp³-hybridized carbons (Fsp3) is 0.750. The molecule has 0 heterocycles. The van der Waals surface area contributed by atoms with Crippen molar-refractivity contribution in [2.24, 2.45) is 0 Å². The van der Waals surface area contributed by atoms with E-state index < -0.39 is 29.1 Å². The molecule has 0 bridgehead atoms. The van der Waals surface area contributed by atoms with Crippen LogP contribution in [0.2, 0.25) is 39.3 Å². The molecule has 0 fully saturated rings. The number of esters is 1. The lowest BCUT2D eigenvalue weighted by molar-refractivity contribution is -0.155. The van der Waals surface area contributed by atoms with Crippen molar-refractivity contribution in [2.45, 2.75) is 52.7 Å². The monoisotopic (exact) mass is 334 g/mol. The molecule has 0 aromatic carbocycles. The van der Waals surface area contributed by atoms with Crippen LogP contribution < -0.4 is 0 Å². The summed E-state index contributed by atoms with van der Waals surface area (Å²) in [6, 6.07) is 0. The second-order valence-electron chi connectivity index (χ2n) is 6.37. The third kappa shape index (κ3) is 11.6. The Hall–Kier alpha value is -0.259. The maximum atomic E-state index is 11.2. The lowest BCUT2D eigenvalue weighted by Gasteiger charge is -2.31. The van der Waals surface area contributed by atoms with E-state index in [9.17, 15) is 4.79 Å². The van der Waals surface area contributed by atoms with Crippen LogP contribution in [0.25, 0.3) is 0 Å². The Morgan fingerprint density at radius 3 is 1.90 bits per heavy atom. The van der Waals surface area contributed by atoms with E-state index in [1.54, 1.807) is 6.92 Å². The highest BCUT2D eigenvalue weighted by Crippen LogP contribution is 2.14. The predicted molar refractivity (Wildman–Crippen MR) is 85.3 cm³/mol. The molecule has 0 aliphatic carbocycles. The molecule has 0 amide bonds. The van der Waals surface area contributed by atoms with Gasteiger partial charge >= 0.3 is 5.97 Å². The van der Waals surface area contributed by atoms with Crippen molar-refractivity contribution in [3.8, 4) is 0 Å². The maximum absolute atomic E-state index is 11.2. The second kappa shape index (κ2) is 8.25. The standard InChI is InChI=1S/C12H26O5Si3/c1-10(2)11(13)14-9-18-15-12(16-19(3,4)5)17-20(6,7)8/h12H,1,9H2,2-8H3. The van der Waals surface area contributed by atoms with Gasteiger partial charge in [0.15, 0.2) is 16.6 Å². The Morgan fingerprint density at radius 1 is 1.10 bits per heavy atom. The van der Waals surface area contributed by atoms with E-state index in [-0.39, 0.29) is 16.0 Å². The van der Waals surface area contributed by atoms with Gasteiger partial charge in [-0.2, -0.15) is 0 Å². The Balaban J connectivity index is 4.23. The van der Waals surface area contributed by atoms with Gasteiger partial charge in [-0.1, -0.05) is 6.58 Å². The van der Waals surface area contributed by atoms with Crippen LogP contribution >= 0.6 is 0 Å². The molecule has 0 aromatic heterocycles. The Kier molecular flexibility index (Phi) is 8.14. The van der Waals surface area contributed by atoms with Crippen LogP contribution in [0.1, 0.15) is 6.92 Å². The highest BCUT2D eigenvalue weighted by atomic mass is 28.4. The number of carbonyl (C=O) groups is 1. The zero-order valence-electron chi connectivity index (χ0n) is 13.5. The van der Waals surface area contributed by atoms with Crippen LogP contribution in [0.15, 0.2) is 12.2 Å². The van der Waals surface area contributed by atoms with Crippen molar-refractivity contribution >= 4 is 32.4 Å². The van der Waals surface area contributed by atoms with E-state index in [0.717, 1.165) is 0 Å². The summed E-state index contributed by atoms with van der Waals surface area (Å²) >= 11 is 0. The molecule has 0 spiro atoms. The van der Waals surface area contributed by atoms with Crippen molar-refractivity contribution in [2.75, 3.05) is 6.23 Å². The summed E-state index contributed by atoms with van der Waals surface area (Å²) in [7, 11) is -3.55. The first-order chi connectivity index (χ1) is 8.91. The summed E-state index contributed by atoms with van der Waals surface area (Å²) < 4.78 is 22.2. The average molecular weight is 335 g/mol. The van der Waals surface area contributed by atoms with Gasteiger partial charge in [0.25, 0.3) is 9.76 Å². The zero-order chi connectivity index (χ0) is 16.0. The first kappa shape index (κ1) is 19.7. The quantitative estimate of drug-likeness (QED) is 0.213. The SMILES string of the molecule is C=C(C)C(=O)OC[Si]OC(O[Si](C)(C)C)O[Si](C)(C)C. The highest BCUT2D eigenvalue weighted by Gasteiger charge is 2.27. The van der Waals surface area contributed by atoms with Crippen LogP contribution in [0.3, 0.4) is 0 Å². The van der Waals surface area contributed by atoms with Gasteiger partial charge < -0.3 is 18.0 Å². The van der Waals surface area contributed by atoms with Crippen molar-refractivity contribution in [3.05, 3.63) is 12.2 Å². The van der Waals surface area contributed by atoms with Crippen molar-refractivity contribution in [1.82, 2.24) is 0 Å². The Morgan fingerprint density at radius 2 is 1.55 bits per heavy atom. The zero-order valence-corrected chi connectivity index (χ0v) is 16.5. The van der Waals surface area contributed by atoms with Gasteiger partial charge in [-0.3, -0.25) is 0 Å². The molecule has 8 heteroatoms. The van der Waals surface area contributed by atoms with E-state index >= 15 is 0 Å². The molecule has 0 atom stereocenters.